The van der Waals surface area contributed by atoms with Crippen molar-refractivity contribution < 1.29 is 22.4 Å². The molecule has 0 aliphatic carbocycles. The van der Waals surface area contributed by atoms with Crippen molar-refractivity contribution in [1.82, 2.24) is 0 Å². The van der Waals surface area contributed by atoms with Crippen molar-refractivity contribution in [3.05, 3.63) is 84.2 Å². The van der Waals surface area contributed by atoms with Gasteiger partial charge in [0, 0.05) is 23.4 Å². The summed E-state index contributed by atoms with van der Waals surface area (Å²) in [6.45, 7) is 1.73. The van der Waals surface area contributed by atoms with Gasteiger partial charge in [0.1, 0.15) is 5.82 Å². The van der Waals surface area contributed by atoms with Gasteiger partial charge in [-0.1, -0.05) is 31.2 Å². The van der Waals surface area contributed by atoms with Gasteiger partial charge in [0.15, 0.2) is 0 Å². The summed E-state index contributed by atoms with van der Waals surface area (Å²) in [5.41, 5.74) is 0.856. The summed E-state index contributed by atoms with van der Waals surface area (Å²) >= 11 is 0. The third-order valence-corrected chi connectivity index (χ3v) is 5.61. The Bertz CT molecular complexity index is 1230. The average molecular weight is 441 g/mol. The monoisotopic (exact) mass is 441 g/mol. The van der Waals surface area contributed by atoms with E-state index in [0.29, 0.717) is 17.8 Å². The molecule has 0 fully saturated rings. The highest BCUT2D eigenvalue weighted by Crippen LogP contribution is 2.21. The van der Waals surface area contributed by atoms with Gasteiger partial charge in [0.25, 0.3) is 15.9 Å². The lowest BCUT2D eigenvalue weighted by atomic mass is 10.2. The van der Waals surface area contributed by atoms with Crippen molar-refractivity contribution in [3.63, 3.8) is 0 Å². The molecule has 0 spiro atoms. The van der Waals surface area contributed by atoms with Crippen LogP contribution in [-0.2, 0) is 14.8 Å². The van der Waals surface area contributed by atoms with Gasteiger partial charge in [-0.15, -0.1) is 0 Å². The highest BCUT2D eigenvalue weighted by molar-refractivity contribution is 7.92. The van der Waals surface area contributed by atoms with Gasteiger partial charge in [-0.3, -0.25) is 14.3 Å². The molecule has 3 rings (SSSR count). The Morgan fingerprint density at radius 3 is 2.26 bits per heavy atom. The fourth-order valence-electron chi connectivity index (χ4n) is 2.68. The molecule has 9 heteroatoms. The van der Waals surface area contributed by atoms with E-state index in [2.05, 4.69) is 15.4 Å². The summed E-state index contributed by atoms with van der Waals surface area (Å²) in [6.07, 6.45) is 0.318. The summed E-state index contributed by atoms with van der Waals surface area (Å²) in [5.74, 6) is -1.42. The van der Waals surface area contributed by atoms with Gasteiger partial charge >= 0.3 is 0 Å². The number of rotatable bonds is 7. The summed E-state index contributed by atoms with van der Waals surface area (Å²) in [6, 6.07) is 17.3. The number of halogens is 1. The van der Waals surface area contributed by atoms with Crippen molar-refractivity contribution >= 4 is 38.9 Å². The maximum atomic E-state index is 13.8. The maximum Gasteiger partial charge on any atom is 0.262 e. The van der Waals surface area contributed by atoms with E-state index >= 15 is 0 Å². The van der Waals surface area contributed by atoms with Crippen molar-refractivity contribution in [3.8, 4) is 0 Å². The molecule has 0 atom stereocenters. The molecule has 0 aromatic heterocycles. The third kappa shape index (κ3) is 5.67. The van der Waals surface area contributed by atoms with Crippen LogP contribution in [0.1, 0.15) is 23.7 Å². The summed E-state index contributed by atoms with van der Waals surface area (Å²) in [4.78, 5) is 24.0. The molecule has 0 saturated heterocycles. The second-order valence-electron chi connectivity index (χ2n) is 6.55. The number of sulfonamides is 1. The Morgan fingerprint density at radius 2 is 1.55 bits per heavy atom. The minimum Gasteiger partial charge on any atom is -0.326 e. The summed E-state index contributed by atoms with van der Waals surface area (Å²) < 4.78 is 41.2. The van der Waals surface area contributed by atoms with Crippen molar-refractivity contribution in [2.75, 3.05) is 15.4 Å². The molecular formula is C22H20FN3O4S. The maximum absolute atomic E-state index is 13.8. The topological polar surface area (TPSA) is 104 Å². The first-order valence-electron chi connectivity index (χ1n) is 9.37. The van der Waals surface area contributed by atoms with E-state index in [4.69, 9.17) is 0 Å². The third-order valence-electron chi connectivity index (χ3n) is 4.25. The number of hydrogen-bond acceptors (Lipinski definition) is 4. The molecular weight excluding hydrogens is 421 g/mol. The molecule has 7 nitrogen and oxygen atoms in total. The van der Waals surface area contributed by atoms with Gasteiger partial charge in [0.05, 0.1) is 10.6 Å². The number of hydrogen-bond donors (Lipinski definition) is 3. The quantitative estimate of drug-likeness (QED) is 0.510. The predicted octanol–water partition coefficient (Wildman–Crippen LogP) is 4.23. The molecule has 160 valence electrons. The molecule has 3 aromatic rings. The summed E-state index contributed by atoms with van der Waals surface area (Å²) in [7, 11) is -4.11. The van der Waals surface area contributed by atoms with Crippen LogP contribution in [0.2, 0.25) is 0 Å². The van der Waals surface area contributed by atoms with Crippen LogP contribution in [0.25, 0.3) is 0 Å². The number of para-hydroxylation sites is 1. The largest absolute Gasteiger partial charge is 0.326 e. The Hall–Kier alpha value is -3.72. The number of amides is 2. The molecule has 0 saturated carbocycles. The van der Waals surface area contributed by atoms with E-state index in [0.717, 1.165) is 6.07 Å². The van der Waals surface area contributed by atoms with Crippen LogP contribution in [0, 0.1) is 5.82 Å². The van der Waals surface area contributed by atoms with Gasteiger partial charge in [-0.05, 0) is 48.5 Å². The van der Waals surface area contributed by atoms with Crippen LogP contribution in [0.4, 0.5) is 21.5 Å². The zero-order chi connectivity index (χ0) is 22.4. The standard InChI is InChI=1S/C22H20FN3O4S/c1-2-21(27)24-16-8-6-9-17(14-16)25-22(28)15-7-5-10-18(13-15)31(29,30)26-20-12-4-3-11-19(20)23/h3-14,26H,2H2,1H3,(H,24,27)(H,25,28). The first-order chi connectivity index (χ1) is 14.8. The van der Waals surface area contributed by atoms with Crippen LogP contribution in [0.15, 0.2) is 77.7 Å². The molecule has 0 radical (unpaired) electrons. The van der Waals surface area contributed by atoms with E-state index in [1.165, 1.54) is 42.5 Å². The van der Waals surface area contributed by atoms with Crippen molar-refractivity contribution in [2.45, 2.75) is 18.2 Å². The number of carbonyl (C=O) groups is 2. The van der Waals surface area contributed by atoms with Gasteiger partial charge in [-0.25, -0.2) is 12.8 Å². The summed E-state index contributed by atoms with van der Waals surface area (Å²) in [5, 5.41) is 5.36. The smallest absolute Gasteiger partial charge is 0.262 e. The first kappa shape index (κ1) is 22.0. The normalized spacial score (nSPS) is 10.9. The second kappa shape index (κ2) is 9.40. The van der Waals surface area contributed by atoms with E-state index in [1.807, 2.05) is 0 Å². The lowest BCUT2D eigenvalue weighted by Gasteiger charge is -2.11. The zero-order valence-corrected chi connectivity index (χ0v) is 17.4. The van der Waals surface area contributed by atoms with E-state index in [-0.39, 0.29) is 22.1 Å². The lowest BCUT2D eigenvalue weighted by molar-refractivity contribution is -0.115. The van der Waals surface area contributed by atoms with Crippen molar-refractivity contribution in [2.24, 2.45) is 0 Å². The van der Waals surface area contributed by atoms with Crippen molar-refractivity contribution in [1.29, 1.82) is 0 Å². The fraction of sp³-hybridized carbons (Fsp3) is 0.0909. The van der Waals surface area contributed by atoms with E-state index < -0.39 is 21.7 Å². The number of benzene rings is 3. The molecule has 0 aliphatic heterocycles. The van der Waals surface area contributed by atoms with Crippen LogP contribution in [0.3, 0.4) is 0 Å². The predicted molar refractivity (Wildman–Crippen MR) is 117 cm³/mol. The Labute approximate surface area is 179 Å². The second-order valence-corrected chi connectivity index (χ2v) is 8.23. The minimum atomic E-state index is -4.11. The molecule has 3 N–H and O–H groups in total. The highest BCUT2D eigenvalue weighted by atomic mass is 32.2. The first-order valence-corrected chi connectivity index (χ1v) is 10.9. The van der Waals surface area contributed by atoms with Crippen LogP contribution in [-0.4, -0.2) is 20.2 Å². The lowest BCUT2D eigenvalue weighted by Crippen LogP contribution is -2.16. The Morgan fingerprint density at radius 1 is 0.871 bits per heavy atom. The fourth-order valence-corrected chi connectivity index (χ4v) is 3.79. The molecule has 31 heavy (non-hydrogen) atoms. The van der Waals surface area contributed by atoms with Crippen LogP contribution in [0.5, 0.6) is 0 Å². The molecule has 0 bridgehead atoms. The van der Waals surface area contributed by atoms with Crippen LogP contribution < -0.4 is 15.4 Å². The molecule has 2 amide bonds. The van der Waals surface area contributed by atoms with Gasteiger partial charge < -0.3 is 10.6 Å². The van der Waals surface area contributed by atoms with Gasteiger partial charge in [0.2, 0.25) is 5.91 Å². The number of nitrogens with one attached hydrogen (secondary N) is 3. The van der Waals surface area contributed by atoms with Gasteiger partial charge in [-0.2, -0.15) is 0 Å². The SMILES string of the molecule is CCC(=O)Nc1cccc(NC(=O)c2cccc(S(=O)(=O)Nc3ccccc3F)c2)c1. The van der Waals surface area contributed by atoms with E-state index in [9.17, 15) is 22.4 Å². The number of anilines is 3. The molecule has 0 unspecified atom stereocenters. The zero-order valence-electron chi connectivity index (χ0n) is 16.6. The Kier molecular flexibility index (Phi) is 6.66. The average Bonchev–Trinajstić information content (AvgIpc) is 2.75. The van der Waals surface area contributed by atoms with Crippen LogP contribution >= 0.6 is 0 Å². The Balaban J connectivity index is 1.78. The highest BCUT2D eigenvalue weighted by Gasteiger charge is 2.18. The molecule has 3 aromatic carbocycles. The number of carbonyl (C=O) groups excluding carboxylic acids is 2. The molecule has 0 aliphatic rings. The molecule has 0 heterocycles. The van der Waals surface area contributed by atoms with E-state index in [1.54, 1.807) is 31.2 Å². The minimum absolute atomic E-state index is 0.0967.